The second kappa shape index (κ2) is 6.92. The number of hydrogen-bond acceptors (Lipinski definition) is 3. The van der Waals surface area contributed by atoms with Crippen molar-refractivity contribution >= 4 is 5.91 Å². The van der Waals surface area contributed by atoms with Gasteiger partial charge in [-0.15, -0.1) is 0 Å². The average molecular weight is 359 g/mol. The SMILES string of the molecule is CC(c1ccc(F)cc1F)N1CCN(C(=O)C2CC(F)(F)CN2)CC1. The van der Waals surface area contributed by atoms with E-state index in [1.54, 1.807) is 4.90 Å². The molecular formula is C17H21F4N3O. The van der Waals surface area contributed by atoms with Gasteiger partial charge in [-0.3, -0.25) is 15.0 Å². The van der Waals surface area contributed by atoms with E-state index in [1.807, 2.05) is 11.8 Å². The largest absolute Gasteiger partial charge is 0.339 e. The smallest absolute Gasteiger partial charge is 0.262 e. The number of carbonyl (C=O) groups excluding carboxylic acids is 1. The summed E-state index contributed by atoms with van der Waals surface area (Å²) in [5, 5.41) is 2.58. The van der Waals surface area contributed by atoms with Gasteiger partial charge in [0.05, 0.1) is 12.6 Å². The van der Waals surface area contributed by atoms with Crippen molar-refractivity contribution in [3.63, 3.8) is 0 Å². The maximum atomic E-state index is 13.9. The fourth-order valence-electron chi connectivity index (χ4n) is 3.48. The summed E-state index contributed by atoms with van der Waals surface area (Å²) in [4.78, 5) is 15.9. The first-order valence-corrected chi connectivity index (χ1v) is 8.36. The number of benzene rings is 1. The molecule has 0 bridgehead atoms. The lowest BCUT2D eigenvalue weighted by molar-refractivity contribution is -0.135. The fraction of sp³-hybridized carbons (Fsp3) is 0.588. The number of amides is 1. The molecular weight excluding hydrogens is 338 g/mol. The topological polar surface area (TPSA) is 35.6 Å². The van der Waals surface area contributed by atoms with Gasteiger partial charge in [0.15, 0.2) is 0 Å². The molecule has 2 aliphatic rings. The molecule has 0 saturated carbocycles. The summed E-state index contributed by atoms with van der Waals surface area (Å²) in [7, 11) is 0. The average Bonchev–Trinajstić information content (AvgIpc) is 2.94. The molecule has 1 aromatic carbocycles. The van der Waals surface area contributed by atoms with Crippen LogP contribution in [0.5, 0.6) is 0 Å². The molecule has 4 nitrogen and oxygen atoms in total. The van der Waals surface area contributed by atoms with Gasteiger partial charge in [0.2, 0.25) is 5.91 Å². The van der Waals surface area contributed by atoms with E-state index in [-0.39, 0.29) is 11.9 Å². The molecule has 2 atom stereocenters. The minimum absolute atomic E-state index is 0.258. The van der Waals surface area contributed by atoms with Crippen LogP contribution in [0.15, 0.2) is 18.2 Å². The molecule has 1 N–H and O–H groups in total. The molecule has 3 rings (SSSR count). The molecule has 2 saturated heterocycles. The fourth-order valence-corrected chi connectivity index (χ4v) is 3.48. The highest BCUT2D eigenvalue weighted by molar-refractivity contribution is 5.82. The predicted octanol–water partition coefficient (Wildman–Crippen LogP) is 2.17. The van der Waals surface area contributed by atoms with Gasteiger partial charge in [-0.05, 0) is 13.0 Å². The first-order chi connectivity index (χ1) is 11.8. The van der Waals surface area contributed by atoms with Crippen LogP contribution in [0.4, 0.5) is 17.6 Å². The van der Waals surface area contributed by atoms with Crippen LogP contribution < -0.4 is 5.32 Å². The summed E-state index contributed by atoms with van der Waals surface area (Å²) in [5.74, 6) is -4.36. The van der Waals surface area contributed by atoms with E-state index in [0.29, 0.717) is 31.7 Å². The zero-order valence-electron chi connectivity index (χ0n) is 13.9. The van der Waals surface area contributed by atoms with Crippen molar-refractivity contribution in [3.8, 4) is 0 Å². The van der Waals surface area contributed by atoms with Crippen molar-refractivity contribution in [2.75, 3.05) is 32.7 Å². The van der Waals surface area contributed by atoms with Gasteiger partial charge in [-0.25, -0.2) is 17.6 Å². The van der Waals surface area contributed by atoms with E-state index in [0.717, 1.165) is 6.07 Å². The standard InChI is InChI=1S/C17H21F4N3O/c1-11(13-3-2-12(18)8-14(13)19)23-4-6-24(7-5-23)16(25)15-9-17(20,21)10-22-15/h2-3,8,11,15,22H,4-7,9-10H2,1H3. The number of rotatable bonds is 3. The minimum atomic E-state index is -2.84. The quantitative estimate of drug-likeness (QED) is 0.841. The van der Waals surface area contributed by atoms with Gasteiger partial charge >= 0.3 is 0 Å². The van der Waals surface area contributed by atoms with Crippen LogP contribution in [0.1, 0.15) is 24.9 Å². The minimum Gasteiger partial charge on any atom is -0.339 e. The first-order valence-electron chi connectivity index (χ1n) is 8.36. The Kier molecular flexibility index (Phi) is 5.02. The number of nitrogens with one attached hydrogen (secondary N) is 1. The van der Waals surface area contributed by atoms with Gasteiger partial charge < -0.3 is 4.90 Å². The molecule has 2 heterocycles. The number of halogens is 4. The Labute approximate surface area is 143 Å². The summed E-state index contributed by atoms with van der Waals surface area (Å²) in [6, 6.07) is 2.41. The second-order valence-corrected chi connectivity index (χ2v) is 6.70. The van der Waals surface area contributed by atoms with Gasteiger partial charge in [0, 0.05) is 50.3 Å². The highest BCUT2D eigenvalue weighted by Gasteiger charge is 2.43. The lowest BCUT2D eigenvalue weighted by Gasteiger charge is -2.39. The zero-order chi connectivity index (χ0) is 18.2. The Bertz CT molecular complexity index is 647. The molecule has 2 aliphatic heterocycles. The van der Waals surface area contributed by atoms with Crippen molar-refractivity contribution < 1.29 is 22.4 Å². The van der Waals surface area contributed by atoms with Crippen LogP contribution >= 0.6 is 0 Å². The molecule has 1 amide bonds. The van der Waals surface area contributed by atoms with Crippen LogP contribution in [0.3, 0.4) is 0 Å². The Morgan fingerprint density at radius 3 is 2.48 bits per heavy atom. The van der Waals surface area contributed by atoms with E-state index in [2.05, 4.69) is 5.32 Å². The van der Waals surface area contributed by atoms with Gasteiger partial charge in [0.1, 0.15) is 11.6 Å². The Balaban J connectivity index is 1.57. The van der Waals surface area contributed by atoms with Crippen molar-refractivity contribution in [1.82, 2.24) is 15.1 Å². The van der Waals surface area contributed by atoms with E-state index >= 15 is 0 Å². The summed E-state index contributed by atoms with van der Waals surface area (Å²) < 4.78 is 53.4. The van der Waals surface area contributed by atoms with Crippen LogP contribution in [-0.4, -0.2) is 60.4 Å². The normalized spacial score (nSPS) is 25.2. The van der Waals surface area contributed by atoms with Crippen LogP contribution in [0.25, 0.3) is 0 Å². The predicted molar refractivity (Wildman–Crippen MR) is 84.3 cm³/mol. The lowest BCUT2D eigenvalue weighted by Crippen LogP contribution is -2.53. The van der Waals surface area contributed by atoms with Crippen molar-refractivity contribution in [2.24, 2.45) is 0 Å². The Morgan fingerprint density at radius 1 is 1.24 bits per heavy atom. The number of carbonyl (C=O) groups is 1. The Hall–Kier alpha value is -1.67. The van der Waals surface area contributed by atoms with Gasteiger partial charge in [0.25, 0.3) is 5.92 Å². The highest BCUT2D eigenvalue weighted by Crippen LogP contribution is 2.28. The van der Waals surface area contributed by atoms with Crippen LogP contribution in [0, 0.1) is 11.6 Å². The number of nitrogens with zero attached hydrogens (tertiary/aromatic N) is 2. The third-order valence-corrected chi connectivity index (χ3v) is 4.99. The van der Waals surface area contributed by atoms with Crippen LogP contribution in [0.2, 0.25) is 0 Å². The highest BCUT2D eigenvalue weighted by atomic mass is 19.3. The molecule has 0 spiro atoms. The Morgan fingerprint density at radius 2 is 1.92 bits per heavy atom. The summed E-state index contributed by atoms with van der Waals surface area (Å²) in [6.45, 7) is 3.17. The van der Waals surface area contributed by atoms with Gasteiger partial charge in [-0.2, -0.15) is 0 Å². The van der Waals surface area contributed by atoms with Crippen molar-refractivity contribution in [1.29, 1.82) is 0 Å². The maximum Gasteiger partial charge on any atom is 0.262 e. The van der Waals surface area contributed by atoms with E-state index < -0.39 is 36.6 Å². The molecule has 138 valence electrons. The van der Waals surface area contributed by atoms with Crippen LogP contribution in [-0.2, 0) is 4.79 Å². The third-order valence-electron chi connectivity index (χ3n) is 4.99. The molecule has 8 heteroatoms. The second-order valence-electron chi connectivity index (χ2n) is 6.70. The van der Waals surface area contributed by atoms with Gasteiger partial charge in [-0.1, -0.05) is 6.07 Å². The number of piperazine rings is 1. The summed E-state index contributed by atoms with van der Waals surface area (Å²) >= 11 is 0. The summed E-state index contributed by atoms with van der Waals surface area (Å²) in [6.07, 6.45) is -0.469. The first kappa shape index (κ1) is 18.1. The van der Waals surface area contributed by atoms with Crippen molar-refractivity contribution in [2.45, 2.75) is 31.4 Å². The molecule has 2 fully saturated rings. The monoisotopic (exact) mass is 359 g/mol. The zero-order valence-corrected chi connectivity index (χ0v) is 13.9. The maximum absolute atomic E-state index is 13.9. The molecule has 2 unspecified atom stereocenters. The van der Waals surface area contributed by atoms with Crippen molar-refractivity contribution in [3.05, 3.63) is 35.4 Å². The number of hydrogen-bond donors (Lipinski definition) is 1. The summed E-state index contributed by atoms with van der Waals surface area (Å²) in [5.41, 5.74) is 0.401. The molecule has 25 heavy (non-hydrogen) atoms. The van der Waals surface area contributed by atoms with E-state index in [1.165, 1.54) is 12.1 Å². The number of alkyl halides is 2. The van der Waals surface area contributed by atoms with E-state index in [4.69, 9.17) is 0 Å². The molecule has 1 aromatic rings. The lowest BCUT2D eigenvalue weighted by atomic mass is 10.0. The molecule has 0 aliphatic carbocycles. The third kappa shape index (κ3) is 3.95. The molecule has 0 radical (unpaired) electrons. The molecule has 0 aromatic heterocycles. The van der Waals surface area contributed by atoms with E-state index in [9.17, 15) is 22.4 Å².